The molecule has 17 heavy (non-hydrogen) atoms. The Morgan fingerprint density at radius 3 is 2.76 bits per heavy atom. The number of carbonyl (C=O) groups excluding carboxylic acids is 1. The lowest BCUT2D eigenvalue weighted by atomic mass is 10.1. The van der Waals surface area contributed by atoms with E-state index in [0.717, 1.165) is 5.56 Å². The van der Waals surface area contributed by atoms with Gasteiger partial charge in [-0.3, -0.25) is 4.79 Å². The second kappa shape index (κ2) is 6.27. The number of alkyl halides is 1. The summed E-state index contributed by atoms with van der Waals surface area (Å²) in [5, 5.41) is 8.81. The third-order valence-electron chi connectivity index (χ3n) is 2.47. The third-order valence-corrected chi connectivity index (χ3v) is 2.70. The summed E-state index contributed by atoms with van der Waals surface area (Å²) in [7, 11) is 0. The number of hydrogen-bond acceptors (Lipinski definition) is 2. The number of benzene rings is 1. The number of rotatable bonds is 4. The van der Waals surface area contributed by atoms with Gasteiger partial charge in [0.2, 0.25) is 5.91 Å². The largest absolute Gasteiger partial charge is 0.335 e. The molecular formula is C13H15ClN2O. The zero-order valence-electron chi connectivity index (χ0n) is 9.98. The maximum absolute atomic E-state index is 11.6. The van der Waals surface area contributed by atoms with E-state index in [1.54, 1.807) is 17.0 Å². The van der Waals surface area contributed by atoms with Crippen LogP contribution in [-0.2, 0) is 11.3 Å². The summed E-state index contributed by atoms with van der Waals surface area (Å²) in [6.45, 7) is 4.37. The van der Waals surface area contributed by atoms with Gasteiger partial charge in [-0.05, 0) is 31.5 Å². The molecule has 0 unspecified atom stereocenters. The van der Waals surface area contributed by atoms with Crippen molar-refractivity contribution in [2.24, 2.45) is 0 Å². The van der Waals surface area contributed by atoms with Crippen molar-refractivity contribution in [3.8, 4) is 6.07 Å². The number of halogens is 1. The molecule has 0 bridgehead atoms. The molecule has 0 aliphatic heterocycles. The van der Waals surface area contributed by atoms with Crippen LogP contribution in [0.3, 0.4) is 0 Å². The minimum absolute atomic E-state index is 0.0177. The van der Waals surface area contributed by atoms with Crippen molar-refractivity contribution in [2.75, 3.05) is 5.88 Å². The smallest absolute Gasteiger partial charge is 0.238 e. The van der Waals surface area contributed by atoms with E-state index < -0.39 is 0 Å². The highest BCUT2D eigenvalue weighted by molar-refractivity contribution is 6.27. The zero-order chi connectivity index (χ0) is 12.8. The van der Waals surface area contributed by atoms with Gasteiger partial charge in [0.05, 0.1) is 11.6 Å². The molecule has 1 rings (SSSR count). The normalized spacial score (nSPS) is 10.1. The minimum atomic E-state index is -0.0935. The molecule has 0 fully saturated rings. The maximum atomic E-state index is 11.6. The molecule has 0 heterocycles. The number of hydrogen-bond donors (Lipinski definition) is 0. The Bertz CT molecular complexity index is 437. The molecule has 0 N–H and O–H groups in total. The predicted molar refractivity (Wildman–Crippen MR) is 67.6 cm³/mol. The first-order valence-electron chi connectivity index (χ1n) is 5.43. The zero-order valence-corrected chi connectivity index (χ0v) is 10.7. The maximum Gasteiger partial charge on any atom is 0.238 e. The molecule has 90 valence electrons. The quantitative estimate of drug-likeness (QED) is 0.771. The first kappa shape index (κ1) is 13.5. The first-order valence-corrected chi connectivity index (χ1v) is 5.96. The van der Waals surface area contributed by atoms with Gasteiger partial charge < -0.3 is 4.90 Å². The van der Waals surface area contributed by atoms with Crippen LogP contribution >= 0.6 is 11.6 Å². The fourth-order valence-corrected chi connectivity index (χ4v) is 1.72. The average molecular weight is 251 g/mol. The second-order valence-corrected chi connectivity index (χ2v) is 4.33. The fraction of sp³-hybridized carbons (Fsp3) is 0.385. The molecule has 1 aromatic carbocycles. The van der Waals surface area contributed by atoms with Crippen LogP contribution in [0.4, 0.5) is 0 Å². The van der Waals surface area contributed by atoms with E-state index in [2.05, 4.69) is 6.07 Å². The van der Waals surface area contributed by atoms with Gasteiger partial charge in [-0.25, -0.2) is 0 Å². The van der Waals surface area contributed by atoms with Gasteiger partial charge >= 0.3 is 0 Å². The SMILES string of the molecule is CC(C)N(Cc1cccc(C#N)c1)C(=O)CCl. The highest BCUT2D eigenvalue weighted by Gasteiger charge is 2.16. The standard InChI is InChI=1S/C13H15ClN2O/c1-10(2)16(13(17)7-14)9-12-5-3-4-11(6-12)8-15/h3-6,10H,7,9H2,1-2H3. The molecule has 4 heteroatoms. The topological polar surface area (TPSA) is 44.1 Å². The summed E-state index contributed by atoms with van der Waals surface area (Å²) in [6, 6.07) is 9.42. The Morgan fingerprint density at radius 2 is 2.24 bits per heavy atom. The van der Waals surface area contributed by atoms with Crippen LogP contribution in [0.1, 0.15) is 25.0 Å². The lowest BCUT2D eigenvalue weighted by Crippen LogP contribution is -2.37. The summed E-state index contributed by atoms with van der Waals surface area (Å²) < 4.78 is 0. The van der Waals surface area contributed by atoms with Gasteiger partial charge in [0, 0.05) is 12.6 Å². The molecule has 0 aliphatic carbocycles. The summed E-state index contributed by atoms with van der Waals surface area (Å²) in [5.41, 5.74) is 1.54. The lowest BCUT2D eigenvalue weighted by molar-refractivity contribution is -0.130. The van der Waals surface area contributed by atoms with E-state index in [1.807, 2.05) is 26.0 Å². The van der Waals surface area contributed by atoms with Crippen molar-refractivity contribution in [3.63, 3.8) is 0 Å². The van der Waals surface area contributed by atoms with E-state index in [4.69, 9.17) is 16.9 Å². The van der Waals surface area contributed by atoms with Crippen molar-refractivity contribution in [3.05, 3.63) is 35.4 Å². The number of carbonyl (C=O) groups is 1. The number of nitriles is 1. The molecule has 0 aromatic heterocycles. The molecule has 1 aromatic rings. The van der Waals surface area contributed by atoms with Gasteiger partial charge in [-0.15, -0.1) is 11.6 Å². The average Bonchev–Trinajstić information content (AvgIpc) is 2.35. The van der Waals surface area contributed by atoms with Crippen molar-refractivity contribution >= 4 is 17.5 Å². The molecule has 0 radical (unpaired) electrons. The minimum Gasteiger partial charge on any atom is -0.335 e. The molecule has 0 spiro atoms. The Labute approximate surface area is 107 Å². The molecule has 0 atom stereocenters. The Hall–Kier alpha value is -1.53. The molecule has 0 saturated carbocycles. The van der Waals surface area contributed by atoms with Gasteiger partial charge in [0.1, 0.15) is 5.88 Å². The van der Waals surface area contributed by atoms with Crippen LogP contribution in [0.15, 0.2) is 24.3 Å². The fourth-order valence-electron chi connectivity index (χ4n) is 1.57. The van der Waals surface area contributed by atoms with Crippen molar-refractivity contribution < 1.29 is 4.79 Å². The highest BCUT2D eigenvalue weighted by Crippen LogP contribution is 2.11. The van der Waals surface area contributed by atoms with Crippen LogP contribution in [0.2, 0.25) is 0 Å². The Kier molecular flexibility index (Phi) is 4.99. The van der Waals surface area contributed by atoms with E-state index in [1.165, 1.54) is 0 Å². The number of nitrogens with zero attached hydrogens (tertiary/aromatic N) is 2. The van der Waals surface area contributed by atoms with Crippen molar-refractivity contribution in [2.45, 2.75) is 26.4 Å². The summed E-state index contributed by atoms with van der Waals surface area (Å²) in [4.78, 5) is 13.3. The second-order valence-electron chi connectivity index (χ2n) is 4.06. The van der Waals surface area contributed by atoms with Gasteiger partial charge in [-0.2, -0.15) is 5.26 Å². The summed E-state index contributed by atoms with van der Waals surface area (Å²) >= 11 is 5.57. The molecule has 0 saturated heterocycles. The van der Waals surface area contributed by atoms with Crippen LogP contribution in [0.5, 0.6) is 0 Å². The lowest BCUT2D eigenvalue weighted by Gasteiger charge is -2.26. The monoisotopic (exact) mass is 250 g/mol. The third kappa shape index (κ3) is 3.76. The van der Waals surface area contributed by atoms with Gasteiger partial charge in [0.25, 0.3) is 0 Å². The van der Waals surface area contributed by atoms with Gasteiger partial charge in [0.15, 0.2) is 0 Å². The summed E-state index contributed by atoms with van der Waals surface area (Å²) in [5.74, 6) is -0.111. The van der Waals surface area contributed by atoms with Crippen LogP contribution in [-0.4, -0.2) is 22.7 Å². The molecule has 1 amide bonds. The van der Waals surface area contributed by atoms with E-state index in [-0.39, 0.29) is 17.8 Å². The molecular weight excluding hydrogens is 236 g/mol. The molecule has 0 aliphatic rings. The van der Waals surface area contributed by atoms with Crippen molar-refractivity contribution in [1.29, 1.82) is 5.26 Å². The Balaban J connectivity index is 2.86. The van der Waals surface area contributed by atoms with Crippen LogP contribution in [0, 0.1) is 11.3 Å². The van der Waals surface area contributed by atoms with Crippen LogP contribution in [0.25, 0.3) is 0 Å². The van der Waals surface area contributed by atoms with Crippen molar-refractivity contribution in [1.82, 2.24) is 4.90 Å². The predicted octanol–water partition coefficient (Wildman–Crippen LogP) is 2.53. The first-order chi connectivity index (χ1) is 8.08. The van der Waals surface area contributed by atoms with E-state index in [9.17, 15) is 4.79 Å². The van der Waals surface area contributed by atoms with E-state index >= 15 is 0 Å². The van der Waals surface area contributed by atoms with Crippen LogP contribution < -0.4 is 0 Å². The summed E-state index contributed by atoms with van der Waals surface area (Å²) in [6.07, 6.45) is 0. The highest BCUT2D eigenvalue weighted by atomic mass is 35.5. The van der Waals surface area contributed by atoms with Gasteiger partial charge in [-0.1, -0.05) is 12.1 Å². The Morgan fingerprint density at radius 1 is 1.53 bits per heavy atom. The molecule has 3 nitrogen and oxygen atoms in total. The number of amides is 1. The van der Waals surface area contributed by atoms with E-state index in [0.29, 0.717) is 12.1 Å².